The number of hydrogen-bond acceptors (Lipinski definition) is 4. The topological polar surface area (TPSA) is 71.2 Å². The van der Waals surface area contributed by atoms with Gasteiger partial charge in [0.15, 0.2) is 0 Å². The van der Waals surface area contributed by atoms with E-state index in [1.807, 2.05) is 14.1 Å². The fraction of sp³-hybridized carbons (Fsp3) is 0.571. The van der Waals surface area contributed by atoms with Crippen molar-refractivity contribution in [1.29, 1.82) is 0 Å². The molecule has 6 heteroatoms. The van der Waals surface area contributed by atoms with Gasteiger partial charge in [-0.05, 0) is 38.6 Å². The zero-order chi connectivity index (χ0) is 14.4. The third kappa shape index (κ3) is 6.73. The third-order valence-electron chi connectivity index (χ3n) is 2.68. The van der Waals surface area contributed by atoms with E-state index in [-0.39, 0.29) is 24.4 Å². The van der Waals surface area contributed by atoms with Crippen LogP contribution in [0.15, 0.2) is 18.2 Å². The summed E-state index contributed by atoms with van der Waals surface area (Å²) < 4.78 is 0. The third-order valence-corrected chi connectivity index (χ3v) is 2.68. The molecular weight excluding hydrogens is 276 g/mol. The number of likely N-dealkylation sites (N-methyl/N-ethyl adjacent to an activating group) is 1. The van der Waals surface area contributed by atoms with Crippen LogP contribution in [0.3, 0.4) is 0 Å². The van der Waals surface area contributed by atoms with Gasteiger partial charge in [0.05, 0.1) is 0 Å². The van der Waals surface area contributed by atoms with Gasteiger partial charge >= 0.3 is 0 Å². The Kier molecular flexibility index (Phi) is 8.18. The monoisotopic (exact) mass is 300 g/mol. The largest absolute Gasteiger partial charge is 0.384 e. The van der Waals surface area contributed by atoms with E-state index in [1.54, 1.807) is 18.2 Å². The molecule has 0 saturated heterocycles. The number of aromatic nitrogens is 1. The number of pyridine rings is 1. The van der Waals surface area contributed by atoms with E-state index in [2.05, 4.69) is 29.0 Å². The predicted molar refractivity (Wildman–Crippen MR) is 85.2 cm³/mol. The van der Waals surface area contributed by atoms with E-state index in [0.717, 1.165) is 13.0 Å². The van der Waals surface area contributed by atoms with E-state index in [9.17, 15) is 4.79 Å². The molecule has 1 aromatic rings. The Bertz CT molecular complexity index is 413. The molecule has 0 bridgehead atoms. The van der Waals surface area contributed by atoms with Gasteiger partial charge in [0.1, 0.15) is 11.5 Å². The Balaban J connectivity index is 0.00000361. The summed E-state index contributed by atoms with van der Waals surface area (Å²) in [5.41, 5.74) is 5.96. The fourth-order valence-corrected chi connectivity index (χ4v) is 2.03. The number of nitrogens with two attached hydrogens (primary N) is 1. The highest BCUT2D eigenvalue weighted by Crippen LogP contribution is 2.07. The maximum absolute atomic E-state index is 12.1. The van der Waals surface area contributed by atoms with Crippen LogP contribution in [0.1, 0.15) is 30.8 Å². The Morgan fingerprint density at radius 1 is 1.40 bits per heavy atom. The molecule has 0 aliphatic rings. The zero-order valence-corrected chi connectivity index (χ0v) is 13.4. The number of amides is 1. The van der Waals surface area contributed by atoms with E-state index in [4.69, 9.17) is 5.73 Å². The van der Waals surface area contributed by atoms with Gasteiger partial charge in [-0.25, -0.2) is 4.98 Å². The molecular formula is C14H25ClN4O. The van der Waals surface area contributed by atoms with Crippen LogP contribution in [0.25, 0.3) is 0 Å². The average molecular weight is 301 g/mol. The van der Waals surface area contributed by atoms with Crippen LogP contribution in [-0.4, -0.2) is 42.5 Å². The first-order valence-electron chi connectivity index (χ1n) is 6.56. The van der Waals surface area contributed by atoms with E-state index >= 15 is 0 Å². The van der Waals surface area contributed by atoms with E-state index in [0.29, 0.717) is 17.4 Å². The maximum Gasteiger partial charge on any atom is 0.270 e. The maximum atomic E-state index is 12.1. The number of carbonyl (C=O) groups is 1. The second-order valence-electron chi connectivity index (χ2n) is 5.51. The SMILES string of the molecule is CC(C)CC(CN(C)C)NC(=O)c1cccc(N)n1.Cl. The molecule has 0 aliphatic heterocycles. The van der Waals surface area contributed by atoms with Crippen molar-refractivity contribution in [1.82, 2.24) is 15.2 Å². The Hall–Kier alpha value is -1.33. The highest BCUT2D eigenvalue weighted by molar-refractivity contribution is 5.92. The molecule has 0 spiro atoms. The molecule has 0 fully saturated rings. The second-order valence-corrected chi connectivity index (χ2v) is 5.51. The van der Waals surface area contributed by atoms with E-state index < -0.39 is 0 Å². The normalized spacial score (nSPS) is 12.1. The number of nitrogens with zero attached hydrogens (tertiary/aromatic N) is 2. The molecule has 114 valence electrons. The molecule has 1 rings (SSSR count). The highest BCUT2D eigenvalue weighted by Gasteiger charge is 2.16. The smallest absolute Gasteiger partial charge is 0.270 e. The lowest BCUT2D eigenvalue weighted by molar-refractivity contribution is 0.0919. The lowest BCUT2D eigenvalue weighted by Crippen LogP contribution is -2.42. The first kappa shape index (κ1) is 18.7. The Morgan fingerprint density at radius 2 is 2.05 bits per heavy atom. The Morgan fingerprint density at radius 3 is 2.55 bits per heavy atom. The average Bonchev–Trinajstić information content (AvgIpc) is 2.26. The van der Waals surface area contributed by atoms with Crippen molar-refractivity contribution < 1.29 is 4.79 Å². The zero-order valence-electron chi connectivity index (χ0n) is 12.6. The molecule has 20 heavy (non-hydrogen) atoms. The first-order chi connectivity index (χ1) is 8.88. The fourth-order valence-electron chi connectivity index (χ4n) is 2.03. The summed E-state index contributed by atoms with van der Waals surface area (Å²) in [6, 6.07) is 5.20. The summed E-state index contributed by atoms with van der Waals surface area (Å²) in [5, 5.41) is 3.02. The van der Waals surface area contributed by atoms with Crippen LogP contribution < -0.4 is 11.1 Å². The molecule has 0 aliphatic carbocycles. The predicted octanol–water partition coefficient (Wildman–Crippen LogP) is 1.79. The van der Waals surface area contributed by atoms with E-state index in [1.165, 1.54) is 0 Å². The summed E-state index contributed by atoms with van der Waals surface area (Å²) >= 11 is 0. The summed E-state index contributed by atoms with van der Waals surface area (Å²) in [5.74, 6) is 0.722. The molecule has 1 heterocycles. The van der Waals surface area contributed by atoms with Crippen LogP contribution in [0, 0.1) is 5.92 Å². The van der Waals surface area contributed by atoms with Gasteiger partial charge in [0.25, 0.3) is 5.91 Å². The molecule has 0 radical (unpaired) electrons. The highest BCUT2D eigenvalue weighted by atomic mass is 35.5. The van der Waals surface area contributed by atoms with Crippen LogP contribution >= 0.6 is 12.4 Å². The van der Waals surface area contributed by atoms with Crippen molar-refractivity contribution in [3.05, 3.63) is 23.9 Å². The second kappa shape index (κ2) is 8.76. The van der Waals surface area contributed by atoms with Crippen molar-refractivity contribution in [2.45, 2.75) is 26.3 Å². The minimum Gasteiger partial charge on any atom is -0.384 e. The van der Waals surface area contributed by atoms with Gasteiger partial charge in [-0.1, -0.05) is 19.9 Å². The molecule has 0 aromatic carbocycles. The quantitative estimate of drug-likeness (QED) is 0.840. The molecule has 1 aromatic heterocycles. The van der Waals surface area contributed by atoms with Gasteiger partial charge < -0.3 is 16.0 Å². The number of anilines is 1. The van der Waals surface area contributed by atoms with Crippen molar-refractivity contribution in [2.24, 2.45) is 5.92 Å². The molecule has 5 nitrogen and oxygen atoms in total. The number of halogens is 1. The number of carbonyl (C=O) groups excluding carboxylic acids is 1. The number of nitrogen functional groups attached to an aromatic ring is 1. The van der Waals surface area contributed by atoms with Crippen molar-refractivity contribution >= 4 is 24.1 Å². The number of rotatable bonds is 6. The van der Waals surface area contributed by atoms with Gasteiger partial charge in [0.2, 0.25) is 0 Å². The first-order valence-corrected chi connectivity index (χ1v) is 6.56. The molecule has 1 atom stereocenters. The molecule has 3 N–H and O–H groups in total. The van der Waals surface area contributed by atoms with Crippen molar-refractivity contribution in [3.63, 3.8) is 0 Å². The molecule has 0 saturated carbocycles. The van der Waals surface area contributed by atoms with Gasteiger partial charge in [-0.2, -0.15) is 0 Å². The van der Waals surface area contributed by atoms with Crippen LogP contribution in [0.5, 0.6) is 0 Å². The molecule has 1 unspecified atom stereocenters. The van der Waals surface area contributed by atoms with Gasteiger partial charge in [-0.15, -0.1) is 12.4 Å². The van der Waals surface area contributed by atoms with Crippen LogP contribution in [0.2, 0.25) is 0 Å². The minimum absolute atomic E-state index is 0. The number of nitrogens with one attached hydrogen (secondary N) is 1. The summed E-state index contributed by atoms with van der Waals surface area (Å²) in [6.45, 7) is 5.10. The van der Waals surface area contributed by atoms with Crippen LogP contribution in [0.4, 0.5) is 5.82 Å². The Labute approximate surface area is 127 Å². The lowest BCUT2D eigenvalue weighted by atomic mass is 10.0. The summed E-state index contributed by atoms with van der Waals surface area (Å²) in [6.07, 6.45) is 0.937. The molecule has 1 amide bonds. The van der Waals surface area contributed by atoms with Crippen molar-refractivity contribution in [3.8, 4) is 0 Å². The standard InChI is InChI=1S/C14H24N4O.ClH/c1-10(2)8-11(9-18(3)4)16-14(19)12-6-5-7-13(15)17-12;/h5-7,10-11H,8-9H2,1-4H3,(H2,15,17)(H,16,19);1H. The van der Waals surface area contributed by atoms with Crippen LogP contribution in [-0.2, 0) is 0 Å². The lowest BCUT2D eigenvalue weighted by Gasteiger charge is -2.23. The van der Waals surface area contributed by atoms with Gasteiger partial charge in [0, 0.05) is 12.6 Å². The summed E-state index contributed by atoms with van der Waals surface area (Å²) in [7, 11) is 4.00. The minimum atomic E-state index is -0.167. The van der Waals surface area contributed by atoms with Gasteiger partial charge in [-0.3, -0.25) is 4.79 Å². The van der Waals surface area contributed by atoms with Crippen molar-refractivity contribution in [2.75, 3.05) is 26.4 Å². The number of hydrogen-bond donors (Lipinski definition) is 2. The summed E-state index contributed by atoms with van der Waals surface area (Å²) in [4.78, 5) is 18.2.